The number of fused-ring (bicyclic) bond motifs is 7. The Morgan fingerprint density at radius 1 is 0.812 bits per heavy atom. The number of rotatable bonds is 1. The summed E-state index contributed by atoms with van der Waals surface area (Å²) < 4.78 is 26.1. The Bertz CT molecular complexity index is 1490. The zero-order chi connectivity index (χ0) is 21.2. The molecule has 4 aromatic rings. The van der Waals surface area contributed by atoms with Crippen molar-refractivity contribution in [3.8, 4) is 34.3 Å². The molecule has 32 heavy (non-hydrogen) atoms. The molecule has 7 heteroatoms. The second kappa shape index (κ2) is 6.77. The molecule has 1 aromatic heterocycles. The first kappa shape index (κ1) is 18.2. The molecule has 0 spiro atoms. The lowest BCUT2D eigenvalue weighted by Gasteiger charge is -2.24. The Hall–Kier alpha value is -3.45. The van der Waals surface area contributed by atoms with Crippen molar-refractivity contribution in [2.45, 2.75) is 13.0 Å². The molecule has 0 saturated heterocycles. The van der Waals surface area contributed by atoms with Crippen LogP contribution in [-0.2, 0) is 13.0 Å². The van der Waals surface area contributed by atoms with Gasteiger partial charge in [-0.25, -0.2) is 4.99 Å². The summed E-state index contributed by atoms with van der Waals surface area (Å²) in [5, 5.41) is 2.03. The lowest BCUT2D eigenvalue weighted by atomic mass is 9.95. The van der Waals surface area contributed by atoms with Crippen LogP contribution in [0, 0.1) is 0 Å². The normalized spacial score (nSPS) is 15.7. The van der Waals surface area contributed by atoms with Crippen molar-refractivity contribution in [2.75, 3.05) is 13.6 Å². The number of aryl methyl sites for hydroxylation is 1. The van der Waals surface area contributed by atoms with Gasteiger partial charge in [0.2, 0.25) is 13.6 Å². The van der Waals surface area contributed by atoms with Crippen LogP contribution in [0.2, 0.25) is 0 Å². The predicted molar refractivity (Wildman–Crippen MR) is 123 cm³/mol. The molecule has 0 N–H and O–H groups in total. The largest absolute Gasteiger partial charge is 0.454 e. The van der Waals surface area contributed by atoms with Gasteiger partial charge in [-0.3, -0.25) is 0 Å². The molecule has 3 aromatic carbocycles. The fourth-order valence-corrected chi connectivity index (χ4v) is 4.94. The third-order valence-electron chi connectivity index (χ3n) is 6.17. The third-order valence-corrected chi connectivity index (χ3v) is 6.70. The van der Waals surface area contributed by atoms with Crippen molar-refractivity contribution in [1.82, 2.24) is 4.57 Å². The predicted octanol–water partition coefficient (Wildman–Crippen LogP) is 5.32. The van der Waals surface area contributed by atoms with Gasteiger partial charge in [0.15, 0.2) is 23.0 Å². The number of hydrogen-bond donors (Lipinski definition) is 0. The summed E-state index contributed by atoms with van der Waals surface area (Å²) in [6.45, 7) is 1.29. The molecular formula is C25H17BrN2O4. The molecule has 0 radical (unpaired) electrons. The van der Waals surface area contributed by atoms with E-state index in [2.05, 4.69) is 44.8 Å². The first-order valence-electron chi connectivity index (χ1n) is 10.4. The molecule has 3 aliphatic heterocycles. The highest BCUT2D eigenvalue weighted by Gasteiger charge is 2.26. The van der Waals surface area contributed by atoms with Crippen molar-refractivity contribution in [3.05, 3.63) is 70.1 Å². The number of ether oxygens (including phenoxy) is 4. The van der Waals surface area contributed by atoms with Gasteiger partial charge >= 0.3 is 0 Å². The Kier molecular flexibility index (Phi) is 3.84. The van der Waals surface area contributed by atoms with Gasteiger partial charge in [0.1, 0.15) is 5.49 Å². The lowest BCUT2D eigenvalue weighted by Crippen LogP contribution is -2.27. The minimum atomic E-state index is 0.222. The summed E-state index contributed by atoms with van der Waals surface area (Å²) in [4.78, 5) is 5.10. The van der Waals surface area contributed by atoms with E-state index in [1.54, 1.807) is 0 Å². The van der Waals surface area contributed by atoms with Gasteiger partial charge in [-0.1, -0.05) is 22.0 Å². The maximum absolute atomic E-state index is 5.89. The van der Waals surface area contributed by atoms with E-state index in [0.717, 1.165) is 73.6 Å². The fraction of sp³-hybridized carbons (Fsp3) is 0.160. The molecule has 0 aliphatic carbocycles. The molecule has 6 nitrogen and oxygen atoms in total. The van der Waals surface area contributed by atoms with Crippen LogP contribution in [-0.4, -0.2) is 18.2 Å². The van der Waals surface area contributed by atoms with Crippen LogP contribution >= 0.6 is 15.9 Å². The zero-order valence-corrected chi connectivity index (χ0v) is 18.5. The average Bonchev–Trinajstić information content (AvgIpc) is 3.47. The average molecular weight is 489 g/mol. The van der Waals surface area contributed by atoms with Crippen LogP contribution in [0.15, 0.2) is 64.1 Å². The van der Waals surface area contributed by atoms with E-state index < -0.39 is 0 Å². The summed E-state index contributed by atoms with van der Waals surface area (Å²) in [6, 6.07) is 18.5. The molecule has 0 bridgehead atoms. The molecule has 0 atom stereocenters. The van der Waals surface area contributed by atoms with E-state index in [0.29, 0.717) is 0 Å². The first-order valence-corrected chi connectivity index (χ1v) is 11.2. The van der Waals surface area contributed by atoms with Crippen molar-refractivity contribution >= 4 is 32.4 Å². The Morgan fingerprint density at radius 2 is 1.59 bits per heavy atom. The van der Waals surface area contributed by atoms with Gasteiger partial charge in [0, 0.05) is 16.6 Å². The summed E-state index contributed by atoms with van der Waals surface area (Å²) in [6.07, 6.45) is 0.879. The van der Waals surface area contributed by atoms with Gasteiger partial charge in [0.25, 0.3) is 0 Å². The van der Waals surface area contributed by atoms with Crippen LogP contribution in [0.1, 0.15) is 5.56 Å². The first-order chi connectivity index (χ1) is 15.7. The monoisotopic (exact) mass is 488 g/mol. The summed E-state index contributed by atoms with van der Waals surface area (Å²) in [5.74, 6) is 3.12. The molecule has 0 fully saturated rings. The number of hydrogen-bond acceptors (Lipinski definition) is 5. The highest BCUT2D eigenvalue weighted by Crippen LogP contribution is 2.43. The number of aromatic nitrogens is 1. The summed E-state index contributed by atoms with van der Waals surface area (Å²) in [7, 11) is 0. The number of nitrogens with zero attached hydrogens (tertiary/aromatic N) is 2. The molecule has 158 valence electrons. The Labute approximate surface area is 191 Å². The van der Waals surface area contributed by atoms with E-state index in [1.807, 2.05) is 30.3 Å². The SMILES string of the molecule is Brc1ccc(N=c2c3c4c(ccc3cc3n2CCc2cc5c(cc2-3)OCO5)OCO4)cc1. The Morgan fingerprint density at radius 3 is 2.47 bits per heavy atom. The fourth-order valence-electron chi connectivity index (χ4n) is 4.68. The molecule has 4 heterocycles. The quantitative estimate of drug-likeness (QED) is 0.364. The van der Waals surface area contributed by atoms with Crippen LogP contribution in [0.3, 0.4) is 0 Å². The van der Waals surface area contributed by atoms with Gasteiger partial charge in [-0.2, -0.15) is 0 Å². The zero-order valence-electron chi connectivity index (χ0n) is 16.9. The summed E-state index contributed by atoms with van der Waals surface area (Å²) >= 11 is 3.51. The molecule has 0 saturated carbocycles. The number of pyridine rings is 1. The highest BCUT2D eigenvalue weighted by molar-refractivity contribution is 9.10. The van der Waals surface area contributed by atoms with Crippen molar-refractivity contribution in [2.24, 2.45) is 4.99 Å². The molecule has 0 amide bonds. The van der Waals surface area contributed by atoms with Gasteiger partial charge in [0.05, 0.1) is 16.8 Å². The Balaban J connectivity index is 1.57. The number of benzene rings is 3. The van der Waals surface area contributed by atoms with E-state index >= 15 is 0 Å². The standard InChI is InChI=1S/C25H17BrN2O4/c26-16-2-4-17(5-3-16)27-25-23-15(1-6-20-24(23)32-13-29-20)9-19-18-11-22-21(30-12-31-22)10-14(18)7-8-28(19)25/h1-6,9-11H,7-8,12-13H2. The van der Waals surface area contributed by atoms with Gasteiger partial charge < -0.3 is 23.5 Å². The molecule has 7 rings (SSSR count). The van der Waals surface area contributed by atoms with Gasteiger partial charge in [-0.15, -0.1) is 0 Å². The molecule has 3 aliphatic rings. The van der Waals surface area contributed by atoms with Crippen LogP contribution < -0.4 is 24.4 Å². The third kappa shape index (κ3) is 2.67. The molecule has 0 unspecified atom stereocenters. The van der Waals surface area contributed by atoms with Crippen LogP contribution in [0.25, 0.3) is 22.0 Å². The van der Waals surface area contributed by atoms with E-state index in [4.69, 9.17) is 23.9 Å². The topological polar surface area (TPSA) is 54.2 Å². The van der Waals surface area contributed by atoms with Crippen molar-refractivity contribution in [1.29, 1.82) is 0 Å². The number of halogens is 1. The minimum Gasteiger partial charge on any atom is -0.454 e. The lowest BCUT2D eigenvalue weighted by molar-refractivity contribution is 0.174. The molecular weight excluding hydrogens is 472 g/mol. The smallest absolute Gasteiger partial charge is 0.231 e. The summed E-state index contributed by atoms with van der Waals surface area (Å²) in [5.41, 5.74) is 5.25. The second-order valence-corrected chi connectivity index (χ2v) is 8.88. The van der Waals surface area contributed by atoms with Gasteiger partial charge in [-0.05, 0) is 65.9 Å². The van der Waals surface area contributed by atoms with Crippen LogP contribution in [0.5, 0.6) is 23.0 Å². The van der Waals surface area contributed by atoms with Crippen molar-refractivity contribution < 1.29 is 18.9 Å². The maximum Gasteiger partial charge on any atom is 0.231 e. The maximum atomic E-state index is 5.89. The van der Waals surface area contributed by atoms with Crippen LogP contribution in [0.4, 0.5) is 5.69 Å². The van der Waals surface area contributed by atoms with E-state index in [-0.39, 0.29) is 13.6 Å². The second-order valence-electron chi connectivity index (χ2n) is 7.97. The van der Waals surface area contributed by atoms with Crippen molar-refractivity contribution in [3.63, 3.8) is 0 Å². The highest BCUT2D eigenvalue weighted by atomic mass is 79.9. The van der Waals surface area contributed by atoms with E-state index in [9.17, 15) is 0 Å². The minimum absolute atomic E-state index is 0.222. The van der Waals surface area contributed by atoms with E-state index in [1.165, 1.54) is 5.56 Å².